The summed E-state index contributed by atoms with van der Waals surface area (Å²) < 4.78 is 28.9. The lowest BCUT2D eigenvalue weighted by Gasteiger charge is -2.35. The Bertz CT molecular complexity index is 1040. The molecule has 7 heteroatoms. The minimum absolute atomic E-state index is 0. The first kappa shape index (κ1) is 23.0. The maximum atomic E-state index is 13.5. The zero-order valence-electron chi connectivity index (χ0n) is 17.8. The third-order valence-corrected chi connectivity index (χ3v) is 5.64. The molecular formula is C24H27ClF2N4. The van der Waals surface area contributed by atoms with Gasteiger partial charge in [0.25, 0.3) is 0 Å². The molecule has 164 valence electrons. The van der Waals surface area contributed by atoms with Crippen LogP contribution in [0.15, 0.2) is 54.7 Å². The number of rotatable bonds is 5. The predicted octanol–water partition coefficient (Wildman–Crippen LogP) is 5.02. The Kier molecular flexibility index (Phi) is 7.46. The van der Waals surface area contributed by atoms with E-state index in [1.807, 2.05) is 27.9 Å². The van der Waals surface area contributed by atoms with E-state index >= 15 is 0 Å². The molecule has 0 radical (unpaired) electrons. The molecule has 1 aliphatic rings. The fourth-order valence-corrected chi connectivity index (χ4v) is 3.87. The summed E-state index contributed by atoms with van der Waals surface area (Å²) in [6.07, 6.45) is 6.17. The van der Waals surface area contributed by atoms with Gasteiger partial charge in [-0.2, -0.15) is 5.10 Å². The van der Waals surface area contributed by atoms with Gasteiger partial charge in [0.15, 0.2) is 0 Å². The zero-order valence-corrected chi connectivity index (χ0v) is 18.6. The second-order valence-electron chi connectivity index (χ2n) is 7.70. The number of hydrogen-bond donors (Lipinski definition) is 0. The Morgan fingerprint density at radius 2 is 1.65 bits per heavy atom. The Morgan fingerprint density at radius 1 is 0.968 bits per heavy atom. The number of para-hydroxylation sites is 1. The minimum atomic E-state index is -0.531. The molecule has 0 spiro atoms. The van der Waals surface area contributed by atoms with E-state index in [-0.39, 0.29) is 12.4 Å². The second-order valence-corrected chi connectivity index (χ2v) is 7.70. The van der Waals surface area contributed by atoms with Gasteiger partial charge in [0.1, 0.15) is 11.6 Å². The van der Waals surface area contributed by atoms with Crippen LogP contribution >= 0.6 is 12.4 Å². The van der Waals surface area contributed by atoms with Gasteiger partial charge in [-0.3, -0.25) is 4.90 Å². The lowest BCUT2D eigenvalue weighted by Crippen LogP contribution is -2.46. The Hall–Kier alpha value is -2.70. The summed E-state index contributed by atoms with van der Waals surface area (Å²) in [4.78, 5) is 4.37. The monoisotopic (exact) mass is 444 g/mol. The SMILES string of the molecule is Cc1ccccc1-n1ncc(C=CCN2CCN(c3cc(F)cc(F)c3)CC2)c1C.Cl. The van der Waals surface area contributed by atoms with Crippen molar-refractivity contribution in [3.63, 3.8) is 0 Å². The standard InChI is InChI=1S/C24H26F2N4.ClH/c1-18-6-3-4-8-24(18)30-19(2)20(17-27-30)7-5-9-28-10-12-29(13-11-28)23-15-21(25)14-22(26)16-23;/h3-8,14-17H,9-13H2,1-2H3;1H. The average molecular weight is 445 g/mol. The highest BCUT2D eigenvalue weighted by Gasteiger charge is 2.17. The molecule has 0 unspecified atom stereocenters. The van der Waals surface area contributed by atoms with Crippen LogP contribution in [0.4, 0.5) is 14.5 Å². The van der Waals surface area contributed by atoms with Gasteiger partial charge in [-0.15, -0.1) is 12.4 Å². The van der Waals surface area contributed by atoms with Crippen molar-refractivity contribution in [3.8, 4) is 5.69 Å². The summed E-state index contributed by atoms with van der Waals surface area (Å²) >= 11 is 0. The number of anilines is 1. The van der Waals surface area contributed by atoms with Crippen molar-refractivity contribution >= 4 is 24.2 Å². The van der Waals surface area contributed by atoms with Gasteiger partial charge >= 0.3 is 0 Å². The van der Waals surface area contributed by atoms with Crippen molar-refractivity contribution in [2.45, 2.75) is 13.8 Å². The van der Waals surface area contributed by atoms with Crippen LogP contribution < -0.4 is 4.90 Å². The fourth-order valence-electron chi connectivity index (χ4n) is 3.87. The quantitative estimate of drug-likeness (QED) is 0.552. The molecule has 1 fully saturated rings. The van der Waals surface area contributed by atoms with Crippen molar-refractivity contribution in [3.05, 3.63) is 83.2 Å². The number of nitrogens with zero attached hydrogens (tertiary/aromatic N) is 4. The lowest BCUT2D eigenvalue weighted by molar-refractivity contribution is 0.284. The molecule has 1 aromatic heterocycles. The van der Waals surface area contributed by atoms with Crippen LogP contribution in [0.3, 0.4) is 0 Å². The van der Waals surface area contributed by atoms with Crippen molar-refractivity contribution in [1.29, 1.82) is 0 Å². The summed E-state index contributed by atoms with van der Waals surface area (Å²) in [6, 6.07) is 11.9. The molecule has 2 heterocycles. The zero-order chi connectivity index (χ0) is 21.1. The average Bonchev–Trinajstić information content (AvgIpc) is 3.08. The Morgan fingerprint density at radius 3 is 2.32 bits per heavy atom. The van der Waals surface area contributed by atoms with Crippen LogP contribution in [0.2, 0.25) is 0 Å². The third kappa shape index (κ3) is 5.32. The van der Waals surface area contributed by atoms with E-state index in [1.54, 1.807) is 0 Å². The summed E-state index contributed by atoms with van der Waals surface area (Å²) in [5.74, 6) is -1.06. The number of halogens is 3. The highest BCUT2D eigenvalue weighted by molar-refractivity contribution is 5.85. The van der Waals surface area contributed by atoms with Crippen LogP contribution in [0.1, 0.15) is 16.8 Å². The van der Waals surface area contributed by atoms with Crippen LogP contribution in [0, 0.1) is 25.5 Å². The molecule has 2 aromatic carbocycles. The largest absolute Gasteiger partial charge is 0.369 e. The van der Waals surface area contributed by atoms with Crippen LogP contribution in [0.25, 0.3) is 11.8 Å². The highest BCUT2D eigenvalue weighted by Crippen LogP contribution is 2.20. The molecule has 0 N–H and O–H groups in total. The van der Waals surface area contributed by atoms with Crippen molar-refractivity contribution in [2.24, 2.45) is 0 Å². The first-order chi connectivity index (χ1) is 14.5. The van der Waals surface area contributed by atoms with Gasteiger partial charge in [0, 0.05) is 55.7 Å². The maximum absolute atomic E-state index is 13.5. The van der Waals surface area contributed by atoms with Crippen molar-refractivity contribution in [2.75, 3.05) is 37.6 Å². The molecule has 0 saturated carbocycles. The molecule has 0 amide bonds. The smallest absolute Gasteiger partial charge is 0.128 e. The molecule has 0 bridgehead atoms. The van der Waals surface area contributed by atoms with Gasteiger partial charge in [-0.25, -0.2) is 13.5 Å². The first-order valence-electron chi connectivity index (χ1n) is 10.2. The highest BCUT2D eigenvalue weighted by atomic mass is 35.5. The Labute approximate surface area is 188 Å². The topological polar surface area (TPSA) is 24.3 Å². The van der Waals surface area contributed by atoms with E-state index in [2.05, 4.69) is 48.1 Å². The molecule has 4 rings (SSSR count). The van der Waals surface area contributed by atoms with Crippen LogP contribution in [-0.2, 0) is 0 Å². The van der Waals surface area contributed by atoms with Gasteiger partial charge in [-0.05, 0) is 37.6 Å². The second kappa shape index (κ2) is 10.1. The molecule has 1 saturated heterocycles. The van der Waals surface area contributed by atoms with Crippen LogP contribution in [0.5, 0.6) is 0 Å². The molecule has 3 aromatic rings. The molecule has 1 aliphatic heterocycles. The molecule has 31 heavy (non-hydrogen) atoms. The Balaban J connectivity index is 0.00000272. The molecular weight excluding hydrogens is 418 g/mol. The van der Waals surface area contributed by atoms with E-state index in [4.69, 9.17) is 0 Å². The number of piperazine rings is 1. The van der Waals surface area contributed by atoms with E-state index < -0.39 is 11.6 Å². The summed E-state index contributed by atoms with van der Waals surface area (Å²) in [5.41, 5.74) is 5.11. The summed E-state index contributed by atoms with van der Waals surface area (Å²) in [7, 11) is 0. The van der Waals surface area contributed by atoms with Gasteiger partial charge < -0.3 is 4.90 Å². The third-order valence-electron chi connectivity index (χ3n) is 5.64. The van der Waals surface area contributed by atoms with Crippen molar-refractivity contribution < 1.29 is 8.78 Å². The van der Waals surface area contributed by atoms with Crippen LogP contribution in [-0.4, -0.2) is 47.4 Å². The number of aryl methyl sites for hydroxylation is 1. The van der Waals surface area contributed by atoms with E-state index in [1.165, 1.54) is 17.7 Å². The normalized spacial score (nSPS) is 14.8. The fraction of sp³-hybridized carbons (Fsp3) is 0.292. The summed E-state index contributed by atoms with van der Waals surface area (Å²) in [6.45, 7) is 8.20. The molecule has 0 aliphatic carbocycles. The van der Waals surface area contributed by atoms with E-state index in [0.717, 1.165) is 55.7 Å². The lowest BCUT2D eigenvalue weighted by atomic mass is 10.2. The number of hydrogen-bond acceptors (Lipinski definition) is 3. The number of aromatic nitrogens is 2. The summed E-state index contributed by atoms with van der Waals surface area (Å²) in [5, 5.41) is 4.55. The van der Waals surface area contributed by atoms with E-state index in [9.17, 15) is 8.78 Å². The van der Waals surface area contributed by atoms with Gasteiger partial charge in [0.2, 0.25) is 0 Å². The van der Waals surface area contributed by atoms with Crippen molar-refractivity contribution in [1.82, 2.24) is 14.7 Å². The molecule has 0 atom stereocenters. The first-order valence-corrected chi connectivity index (χ1v) is 10.2. The van der Waals surface area contributed by atoms with Gasteiger partial charge in [-0.1, -0.05) is 30.4 Å². The maximum Gasteiger partial charge on any atom is 0.128 e. The van der Waals surface area contributed by atoms with E-state index in [0.29, 0.717) is 5.69 Å². The molecule has 4 nitrogen and oxygen atoms in total. The number of benzene rings is 2. The van der Waals surface area contributed by atoms with Gasteiger partial charge in [0.05, 0.1) is 11.9 Å². The minimum Gasteiger partial charge on any atom is -0.369 e. The predicted molar refractivity (Wildman–Crippen MR) is 124 cm³/mol.